The second-order valence-electron chi connectivity index (χ2n) is 6.94. The molecule has 0 radical (unpaired) electrons. The van der Waals surface area contributed by atoms with E-state index < -0.39 is 5.97 Å². The molecule has 0 aliphatic carbocycles. The number of para-hydroxylation sites is 2. The summed E-state index contributed by atoms with van der Waals surface area (Å²) in [4.78, 5) is 16.0. The molecule has 28 heavy (non-hydrogen) atoms. The molecular formula is C24H22N2O2. The smallest absolute Gasteiger partial charge is 0.335 e. The van der Waals surface area contributed by atoms with Crippen LogP contribution in [0.3, 0.4) is 0 Å². The van der Waals surface area contributed by atoms with Crippen LogP contribution in [0.2, 0.25) is 0 Å². The Balaban J connectivity index is 1.64. The summed E-state index contributed by atoms with van der Waals surface area (Å²) >= 11 is 0. The van der Waals surface area contributed by atoms with Gasteiger partial charge >= 0.3 is 5.97 Å². The maximum Gasteiger partial charge on any atom is 0.335 e. The first kappa shape index (κ1) is 18.0. The van der Waals surface area contributed by atoms with Crippen molar-refractivity contribution in [3.63, 3.8) is 0 Å². The molecule has 0 fully saturated rings. The predicted molar refractivity (Wildman–Crippen MR) is 112 cm³/mol. The lowest BCUT2D eigenvalue weighted by atomic mass is 10.0. The van der Waals surface area contributed by atoms with Crippen LogP contribution >= 0.6 is 0 Å². The van der Waals surface area contributed by atoms with Gasteiger partial charge in [-0.2, -0.15) is 0 Å². The van der Waals surface area contributed by atoms with Gasteiger partial charge < -0.3 is 9.67 Å². The average molecular weight is 370 g/mol. The van der Waals surface area contributed by atoms with Gasteiger partial charge in [-0.1, -0.05) is 55.5 Å². The molecule has 0 atom stereocenters. The Morgan fingerprint density at radius 1 is 0.964 bits per heavy atom. The van der Waals surface area contributed by atoms with Crippen molar-refractivity contribution in [3.05, 3.63) is 89.7 Å². The first-order valence-corrected chi connectivity index (χ1v) is 9.52. The van der Waals surface area contributed by atoms with E-state index >= 15 is 0 Å². The number of rotatable bonds is 6. The van der Waals surface area contributed by atoms with Gasteiger partial charge in [0.2, 0.25) is 0 Å². The van der Waals surface area contributed by atoms with Gasteiger partial charge in [-0.3, -0.25) is 0 Å². The molecule has 4 aromatic rings. The van der Waals surface area contributed by atoms with E-state index in [1.807, 2.05) is 12.1 Å². The molecule has 4 nitrogen and oxygen atoms in total. The van der Waals surface area contributed by atoms with Gasteiger partial charge in [0.05, 0.1) is 16.6 Å². The van der Waals surface area contributed by atoms with E-state index in [1.54, 1.807) is 18.2 Å². The van der Waals surface area contributed by atoms with Crippen LogP contribution in [-0.4, -0.2) is 20.6 Å². The number of hydrogen-bond acceptors (Lipinski definition) is 2. The standard InChI is InChI=1S/C24H22N2O2/c1-2-6-23-25-21-9-3-4-10-22(21)26(23)16-17-11-13-18(14-12-17)19-7-5-8-20(15-19)24(27)28/h3-5,7-15H,2,6,16H2,1H3,(H,27,28). The van der Waals surface area contributed by atoms with Crippen molar-refractivity contribution >= 4 is 17.0 Å². The molecule has 1 heterocycles. The number of carbonyl (C=O) groups is 1. The minimum atomic E-state index is -0.908. The number of hydrogen-bond donors (Lipinski definition) is 1. The van der Waals surface area contributed by atoms with E-state index in [9.17, 15) is 9.90 Å². The van der Waals surface area contributed by atoms with Crippen molar-refractivity contribution in [1.29, 1.82) is 0 Å². The summed E-state index contributed by atoms with van der Waals surface area (Å²) in [5, 5.41) is 9.19. The minimum Gasteiger partial charge on any atom is -0.478 e. The summed E-state index contributed by atoms with van der Waals surface area (Å²) < 4.78 is 2.29. The number of nitrogens with zero attached hydrogens (tertiary/aromatic N) is 2. The average Bonchev–Trinajstić information content (AvgIpc) is 3.06. The van der Waals surface area contributed by atoms with Crippen molar-refractivity contribution < 1.29 is 9.90 Å². The summed E-state index contributed by atoms with van der Waals surface area (Å²) in [6.07, 6.45) is 2.01. The highest BCUT2D eigenvalue weighted by Gasteiger charge is 2.10. The highest BCUT2D eigenvalue weighted by Crippen LogP contribution is 2.23. The normalized spacial score (nSPS) is 11.0. The van der Waals surface area contributed by atoms with Gasteiger partial charge in [0.15, 0.2) is 0 Å². The Hall–Kier alpha value is -3.40. The highest BCUT2D eigenvalue weighted by molar-refractivity contribution is 5.89. The maximum absolute atomic E-state index is 11.2. The second-order valence-corrected chi connectivity index (χ2v) is 6.94. The first-order chi connectivity index (χ1) is 13.7. The van der Waals surface area contributed by atoms with E-state index in [0.717, 1.165) is 47.4 Å². The van der Waals surface area contributed by atoms with Crippen LogP contribution in [0.15, 0.2) is 72.8 Å². The molecule has 3 aromatic carbocycles. The van der Waals surface area contributed by atoms with Crippen LogP contribution in [0.4, 0.5) is 0 Å². The van der Waals surface area contributed by atoms with Crippen LogP contribution in [-0.2, 0) is 13.0 Å². The zero-order valence-electron chi connectivity index (χ0n) is 15.8. The van der Waals surface area contributed by atoms with Crippen LogP contribution in [0.1, 0.15) is 35.1 Å². The lowest BCUT2D eigenvalue weighted by molar-refractivity contribution is 0.0697. The molecule has 0 amide bonds. The number of fused-ring (bicyclic) bond motifs is 1. The van der Waals surface area contributed by atoms with E-state index in [4.69, 9.17) is 4.98 Å². The molecule has 1 N–H and O–H groups in total. The fourth-order valence-corrected chi connectivity index (χ4v) is 3.53. The summed E-state index contributed by atoms with van der Waals surface area (Å²) in [6.45, 7) is 2.94. The Morgan fingerprint density at radius 2 is 1.75 bits per heavy atom. The van der Waals surface area contributed by atoms with E-state index in [2.05, 4.69) is 54.0 Å². The van der Waals surface area contributed by atoms with Crippen molar-refractivity contribution in [3.8, 4) is 11.1 Å². The van der Waals surface area contributed by atoms with Crippen LogP contribution in [0.5, 0.6) is 0 Å². The zero-order chi connectivity index (χ0) is 19.5. The predicted octanol–water partition coefficient (Wildman–Crippen LogP) is 5.40. The van der Waals surface area contributed by atoms with Gasteiger partial charge in [0.25, 0.3) is 0 Å². The van der Waals surface area contributed by atoms with Crippen molar-refractivity contribution in [2.75, 3.05) is 0 Å². The topological polar surface area (TPSA) is 55.1 Å². The summed E-state index contributed by atoms with van der Waals surface area (Å²) in [7, 11) is 0. The summed E-state index contributed by atoms with van der Waals surface area (Å²) in [5.74, 6) is 0.204. The van der Waals surface area contributed by atoms with Crippen LogP contribution in [0, 0.1) is 0 Å². The van der Waals surface area contributed by atoms with Gasteiger partial charge in [-0.25, -0.2) is 9.78 Å². The third kappa shape index (κ3) is 3.54. The Morgan fingerprint density at radius 3 is 2.50 bits per heavy atom. The van der Waals surface area contributed by atoms with Crippen molar-refractivity contribution in [2.45, 2.75) is 26.3 Å². The molecule has 4 rings (SSSR count). The molecule has 1 aromatic heterocycles. The summed E-state index contributed by atoms with van der Waals surface area (Å²) in [5.41, 5.74) is 5.61. The lowest BCUT2D eigenvalue weighted by Gasteiger charge is -2.10. The zero-order valence-corrected chi connectivity index (χ0v) is 15.8. The van der Waals surface area contributed by atoms with Gasteiger partial charge in [0.1, 0.15) is 5.82 Å². The molecule has 0 spiro atoms. The molecule has 0 saturated carbocycles. The van der Waals surface area contributed by atoms with Crippen molar-refractivity contribution in [2.24, 2.45) is 0 Å². The van der Waals surface area contributed by atoms with Gasteiger partial charge in [0, 0.05) is 13.0 Å². The molecular weight excluding hydrogens is 348 g/mol. The Labute approximate surface area is 164 Å². The highest BCUT2D eigenvalue weighted by atomic mass is 16.4. The fourth-order valence-electron chi connectivity index (χ4n) is 3.53. The number of carboxylic acids is 1. The third-order valence-electron chi connectivity index (χ3n) is 4.94. The fraction of sp³-hybridized carbons (Fsp3) is 0.167. The lowest BCUT2D eigenvalue weighted by Crippen LogP contribution is -2.05. The number of aryl methyl sites for hydroxylation is 1. The number of carboxylic acid groups (broad SMARTS) is 1. The summed E-state index contributed by atoms with van der Waals surface area (Å²) in [6, 6.07) is 23.6. The monoisotopic (exact) mass is 370 g/mol. The maximum atomic E-state index is 11.2. The van der Waals surface area contributed by atoms with E-state index in [1.165, 1.54) is 5.56 Å². The number of aromatic carboxylic acids is 1. The molecule has 0 aliphatic rings. The number of aromatic nitrogens is 2. The van der Waals surface area contributed by atoms with Crippen molar-refractivity contribution in [1.82, 2.24) is 9.55 Å². The second kappa shape index (κ2) is 7.69. The van der Waals surface area contributed by atoms with Crippen LogP contribution < -0.4 is 0 Å². The van der Waals surface area contributed by atoms with Gasteiger partial charge in [-0.15, -0.1) is 0 Å². The Bertz CT molecular complexity index is 1130. The quantitative estimate of drug-likeness (QED) is 0.494. The number of imidazole rings is 1. The van der Waals surface area contributed by atoms with Gasteiger partial charge in [-0.05, 0) is 47.4 Å². The largest absolute Gasteiger partial charge is 0.478 e. The molecule has 0 saturated heterocycles. The van der Waals surface area contributed by atoms with E-state index in [0.29, 0.717) is 5.56 Å². The van der Waals surface area contributed by atoms with Crippen LogP contribution in [0.25, 0.3) is 22.2 Å². The first-order valence-electron chi connectivity index (χ1n) is 9.52. The third-order valence-corrected chi connectivity index (χ3v) is 4.94. The number of benzene rings is 3. The molecule has 0 bridgehead atoms. The van der Waals surface area contributed by atoms with E-state index in [-0.39, 0.29) is 0 Å². The SMILES string of the molecule is CCCc1nc2ccccc2n1Cc1ccc(-c2cccc(C(=O)O)c2)cc1. The molecule has 140 valence electrons. The molecule has 4 heteroatoms. The molecule has 0 aliphatic heterocycles. The molecule has 0 unspecified atom stereocenters. The minimum absolute atomic E-state index is 0.302. The Kier molecular flexibility index (Phi) is 4.94.